The van der Waals surface area contributed by atoms with Crippen LogP contribution in [0.5, 0.6) is 0 Å². The van der Waals surface area contributed by atoms with E-state index in [2.05, 4.69) is 14.5 Å². The number of carbonyl (C=O) groups is 2. The molecular weight excluding hydrogens is 305 g/mol. The first-order chi connectivity index (χ1) is 9.74. The van der Waals surface area contributed by atoms with Crippen molar-refractivity contribution in [1.29, 1.82) is 0 Å². The number of anilines is 1. The molecule has 0 atom stereocenters. The van der Waals surface area contributed by atoms with E-state index in [-0.39, 0.29) is 31.0 Å². The molecule has 0 aliphatic carbocycles. The molecule has 0 bridgehead atoms. The Morgan fingerprint density at radius 3 is 2.76 bits per heavy atom. The largest absolute Gasteiger partial charge is 0.329 e. The van der Waals surface area contributed by atoms with Gasteiger partial charge in [-0.05, 0) is 17.7 Å². The Balaban J connectivity index is 2.22. The van der Waals surface area contributed by atoms with Crippen molar-refractivity contribution in [3.8, 4) is 0 Å². The molecule has 8 nitrogen and oxygen atoms in total. The number of hydrogen-bond acceptors (Lipinski definition) is 6. The van der Waals surface area contributed by atoms with Crippen LogP contribution in [0.2, 0.25) is 0 Å². The summed E-state index contributed by atoms with van der Waals surface area (Å²) in [6.45, 7) is -0.312. The van der Waals surface area contributed by atoms with Gasteiger partial charge in [0.25, 0.3) is 10.1 Å². The van der Waals surface area contributed by atoms with Gasteiger partial charge in [0.05, 0.1) is 12.9 Å². The van der Waals surface area contributed by atoms with Gasteiger partial charge >= 0.3 is 6.03 Å². The maximum Gasteiger partial charge on any atom is 0.329 e. The van der Waals surface area contributed by atoms with Gasteiger partial charge in [-0.15, -0.1) is 0 Å². The molecule has 0 radical (unpaired) electrons. The number of pyridine rings is 1. The van der Waals surface area contributed by atoms with Crippen molar-refractivity contribution in [2.45, 2.75) is 13.0 Å². The van der Waals surface area contributed by atoms with Gasteiger partial charge < -0.3 is 0 Å². The number of urea groups is 1. The van der Waals surface area contributed by atoms with Gasteiger partial charge in [-0.3, -0.25) is 19.2 Å². The van der Waals surface area contributed by atoms with Crippen LogP contribution in [0.25, 0.3) is 0 Å². The van der Waals surface area contributed by atoms with Crippen molar-refractivity contribution in [2.75, 3.05) is 17.7 Å². The van der Waals surface area contributed by atoms with Crippen LogP contribution in [0.1, 0.15) is 12.0 Å². The van der Waals surface area contributed by atoms with Crippen molar-refractivity contribution in [3.63, 3.8) is 0 Å². The highest BCUT2D eigenvalue weighted by Gasteiger charge is 2.25. The van der Waals surface area contributed by atoms with Gasteiger partial charge in [-0.1, -0.05) is 0 Å². The van der Waals surface area contributed by atoms with Crippen LogP contribution in [0.4, 0.5) is 15.0 Å². The number of rotatable bonds is 4. The number of amides is 3. The molecule has 114 valence electrons. The molecule has 1 fully saturated rings. The van der Waals surface area contributed by atoms with Crippen molar-refractivity contribution in [2.24, 2.45) is 0 Å². The molecule has 1 saturated heterocycles. The lowest BCUT2D eigenvalue weighted by Crippen LogP contribution is -2.50. The minimum Gasteiger partial charge on any atom is -0.278 e. The SMILES string of the molecule is CS(=O)(=O)OCc1cc(F)nc(N2CCC(=O)NC2=O)c1. The molecule has 2 heterocycles. The van der Waals surface area contributed by atoms with Crippen LogP contribution in [0.15, 0.2) is 12.1 Å². The fourth-order valence-electron chi connectivity index (χ4n) is 1.71. The summed E-state index contributed by atoms with van der Waals surface area (Å²) in [5, 5.41) is 2.08. The molecule has 10 heteroatoms. The predicted octanol–water partition coefficient (Wildman–Crippen LogP) is 0.143. The number of carbonyl (C=O) groups excluding carboxylic acids is 2. The minimum atomic E-state index is -3.67. The van der Waals surface area contributed by atoms with Crippen LogP contribution in [0.3, 0.4) is 0 Å². The third-order valence-electron chi connectivity index (χ3n) is 2.61. The lowest BCUT2D eigenvalue weighted by molar-refractivity contribution is -0.120. The summed E-state index contributed by atoms with van der Waals surface area (Å²) in [5.41, 5.74) is 0.202. The van der Waals surface area contributed by atoms with Crippen molar-refractivity contribution >= 4 is 27.9 Å². The molecule has 2 rings (SSSR count). The van der Waals surface area contributed by atoms with E-state index in [1.165, 1.54) is 6.07 Å². The quantitative estimate of drug-likeness (QED) is 0.625. The first kappa shape index (κ1) is 15.3. The predicted molar refractivity (Wildman–Crippen MR) is 69.3 cm³/mol. The van der Waals surface area contributed by atoms with Crippen LogP contribution in [0, 0.1) is 5.95 Å². The summed E-state index contributed by atoms with van der Waals surface area (Å²) >= 11 is 0. The minimum absolute atomic E-state index is 0.0212. The lowest BCUT2D eigenvalue weighted by atomic mass is 10.2. The van der Waals surface area contributed by atoms with Gasteiger partial charge in [-0.2, -0.15) is 12.8 Å². The summed E-state index contributed by atoms with van der Waals surface area (Å²) in [4.78, 5) is 27.4. The highest BCUT2D eigenvalue weighted by atomic mass is 32.2. The average molecular weight is 317 g/mol. The van der Waals surface area contributed by atoms with Crippen molar-refractivity contribution in [3.05, 3.63) is 23.6 Å². The van der Waals surface area contributed by atoms with Gasteiger partial charge in [0.1, 0.15) is 5.82 Å². The molecule has 1 aliphatic rings. The Labute approximate surface area is 120 Å². The van der Waals surface area contributed by atoms with E-state index < -0.39 is 28.0 Å². The summed E-state index contributed by atoms with van der Waals surface area (Å²) in [6, 6.07) is 1.62. The topological polar surface area (TPSA) is 106 Å². The Morgan fingerprint density at radius 2 is 2.14 bits per heavy atom. The maximum absolute atomic E-state index is 13.5. The van der Waals surface area contributed by atoms with Crippen LogP contribution >= 0.6 is 0 Å². The fraction of sp³-hybridized carbons (Fsp3) is 0.364. The number of nitrogens with zero attached hydrogens (tertiary/aromatic N) is 2. The highest BCUT2D eigenvalue weighted by Crippen LogP contribution is 2.18. The van der Waals surface area contributed by atoms with E-state index in [1.54, 1.807) is 0 Å². The van der Waals surface area contributed by atoms with Crippen molar-refractivity contribution in [1.82, 2.24) is 10.3 Å². The smallest absolute Gasteiger partial charge is 0.278 e. The molecule has 1 aliphatic heterocycles. The Morgan fingerprint density at radius 1 is 1.43 bits per heavy atom. The number of hydrogen-bond donors (Lipinski definition) is 1. The van der Waals surface area contributed by atoms with Gasteiger partial charge in [0, 0.05) is 13.0 Å². The van der Waals surface area contributed by atoms with E-state index in [0.717, 1.165) is 17.2 Å². The van der Waals surface area contributed by atoms with Crippen LogP contribution < -0.4 is 10.2 Å². The maximum atomic E-state index is 13.5. The summed E-state index contributed by atoms with van der Waals surface area (Å²) in [5.74, 6) is -1.33. The Hall–Kier alpha value is -2.07. The fourth-order valence-corrected chi connectivity index (χ4v) is 2.06. The van der Waals surface area contributed by atoms with Gasteiger partial charge in [0.15, 0.2) is 0 Å². The summed E-state index contributed by atoms with van der Waals surface area (Å²) < 4.78 is 39.9. The number of aromatic nitrogens is 1. The van der Waals surface area contributed by atoms with Crippen molar-refractivity contribution < 1.29 is 26.6 Å². The van der Waals surface area contributed by atoms with Crippen LogP contribution in [-0.4, -0.2) is 38.1 Å². The second-order valence-corrected chi connectivity index (χ2v) is 6.02. The molecular formula is C11H12FN3O5S. The third-order valence-corrected chi connectivity index (χ3v) is 3.16. The standard InChI is InChI=1S/C11H12FN3O5S/c1-21(18,19)20-6-7-4-8(12)13-9(5-7)15-3-2-10(16)14-11(15)17/h4-5H,2-3,6H2,1H3,(H,14,16,17). The average Bonchev–Trinajstić information content (AvgIpc) is 2.35. The highest BCUT2D eigenvalue weighted by molar-refractivity contribution is 7.85. The van der Waals surface area contributed by atoms with E-state index in [0.29, 0.717) is 0 Å². The van der Waals surface area contributed by atoms with Gasteiger partial charge in [0.2, 0.25) is 11.9 Å². The van der Waals surface area contributed by atoms with E-state index in [4.69, 9.17) is 0 Å². The number of nitrogens with one attached hydrogen (secondary N) is 1. The molecule has 1 aromatic heterocycles. The first-order valence-electron chi connectivity index (χ1n) is 5.87. The first-order valence-corrected chi connectivity index (χ1v) is 7.68. The summed E-state index contributed by atoms with van der Waals surface area (Å²) in [7, 11) is -3.67. The number of halogens is 1. The monoisotopic (exact) mass is 317 g/mol. The Bertz CT molecular complexity index is 691. The molecule has 3 amide bonds. The molecule has 0 spiro atoms. The second kappa shape index (κ2) is 5.74. The molecule has 21 heavy (non-hydrogen) atoms. The van der Waals surface area contributed by atoms with E-state index in [1.807, 2.05) is 0 Å². The molecule has 0 aromatic carbocycles. The van der Waals surface area contributed by atoms with Crippen LogP contribution in [-0.2, 0) is 25.7 Å². The third kappa shape index (κ3) is 4.20. The molecule has 0 saturated carbocycles. The zero-order valence-corrected chi connectivity index (χ0v) is 11.8. The normalized spacial score (nSPS) is 16.0. The zero-order valence-electron chi connectivity index (χ0n) is 11.0. The lowest BCUT2D eigenvalue weighted by Gasteiger charge is -2.25. The zero-order chi connectivity index (χ0) is 15.6. The van der Waals surface area contributed by atoms with Gasteiger partial charge in [-0.25, -0.2) is 9.78 Å². The molecule has 1 N–H and O–H groups in total. The van der Waals surface area contributed by atoms with E-state index >= 15 is 0 Å². The second-order valence-electron chi connectivity index (χ2n) is 4.38. The number of imide groups is 1. The molecule has 0 unspecified atom stereocenters. The summed E-state index contributed by atoms with van der Waals surface area (Å²) in [6.07, 6.45) is 0.939. The molecule has 1 aromatic rings. The van der Waals surface area contributed by atoms with E-state index in [9.17, 15) is 22.4 Å². The Kier molecular flexibility index (Phi) is 4.19.